The summed E-state index contributed by atoms with van der Waals surface area (Å²) in [5, 5.41) is 9.78. The second kappa shape index (κ2) is 12.6. The summed E-state index contributed by atoms with van der Waals surface area (Å²) in [5.41, 5.74) is 2.44. The first-order valence-electron chi connectivity index (χ1n) is 11.7. The molecule has 0 aliphatic heterocycles. The van der Waals surface area contributed by atoms with Crippen molar-refractivity contribution in [3.8, 4) is 22.4 Å². The van der Waals surface area contributed by atoms with Gasteiger partial charge in [0, 0.05) is 17.7 Å². The van der Waals surface area contributed by atoms with Gasteiger partial charge >= 0.3 is 0 Å². The Morgan fingerprint density at radius 1 is 0.812 bits per heavy atom. The second-order valence-corrected chi connectivity index (χ2v) is 8.11. The molecule has 0 aliphatic rings. The van der Waals surface area contributed by atoms with E-state index in [4.69, 9.17) is 0 Å². The first-order chi connectivity index (χ1) is 15.7. The third-order valence-corrected chi connectivity index (χ3v) is 5.64. The van der Waals surface area contributed by atoms with Crippen LogP contribution in [0, 0.1) is 0 Å². The molecule has 1 amide bonds. The fourth-order valence-electron chi connectivity index (χ4n) is 3.91. The monoisotopic (exact) mass is 431 g/mol. The fourth-order valence-corrected chi connectivity index (χ4v) is 3.91. The molecule has 0 saturated carbocycles. The highest BCUT2D eigenvalue weighted by molar-refractivity contribution is 6.03. The number of aromatic amines is 1. The lowest BCUT2D eigenvalue weighted by Gasteiger charge is -2.14. The first-order valence-corrected chi connectivity index (χ1v) is 11.7. The van der Waals surface area contributed by atoms with Gasteiger partial charge in [0.15, 0.2) is 0 Å². The number of H-pyrrole nitrogens is 1. The minimum absolute atomic E-state index is 0.115. The van der Waals surface area contributed by atoms with Gasteiger partial charge in [-0.15, -0.1) is 0 Å². The van der Waals surface area contributed by atoms with Crippen LogP contribution >= 0.6 is 0 Å². The standard InChI is InChI=1S/C27H33N3O2/c1-2-3-4-5-6-7-8-15-20-28-26(31)24-23(21-16-11-9-12-17-21)25(29-30-27(24)32)22-18-13-10-14-19-22/h9-14,16-19H,2-8,15,20H2,1H3,(H,28,31)(H,30,32). The third-order valence-electron chi connectivity index (χ3n) is 5.64. The van der Waals surface area contributed by atoms with Crippen molar-refractivity contribution < 1.29 is 4.79 Å². The average molecular weight is 432 g/mol. The Labute approximate surface area is 190 Å². The number of hydrogen-bond donors (Lipinski definition) is 2. The largest absolute Gasteiger partial charge is 0.352 e. The molecule has 0 bridgehead atoms. The second-order valence-electron chi connectivity index (χ2n) is 8.11. The maximum Gasteiger partial charge on any atom is 0.277 e. The van der Waals surface area contributed by atoms with Gasteiger partial charge in [-0.3, -0.25) is 9.59 Å². The lowest BCUT2D eigenvalue weighted by atomic mass is 9.95. The van der Waals surface area contributed by atoms with E-state index in [0.717, 1.165) is 24.0 Å². The van der Waals surface area contributed by atoms with Crippen LogP contribution in [0.1, 0.15) is 68.6 Å². The van der Waals surface area contributed by atoms with Crippen LogP contribution in [-0.4, -0.2) is 22.6 Å². The summed E-state index contributed by atoms with van der Waals surface area (Å²) in [5.74, 6) is -0.354. The molecule has 0 saturated heterocycles. The summed E-state index contributed by atoms with van der Waals surface area (Å²) < 4.78 is 0. The van der Waals surface area contributed by atoms with Gasteiger partial charge in [-0.1, -0.05) is 113 Å². The predicted molar refractivity (Wildman–Crippen MR) is 131 cm³/mol. The molecule has 3 aromatic rings. The molecule has 0 radical (unpaired) electrons. The number of nitrogens with zero attached hydrogens (tertiary/aromatic N) is 1. The minimum Gasteiger partial charge on any atom is -0.352 e. The first kappa shape index (κ1) is 23.5. The predicted octanol–water partition coefficient (Wildman–Crippen LogP) is 5.97. The van der Waals surface area contributed by atoms with Crippen molar-refractivity contribution in [2.24, 2.45) is 0 Å². The van der Waals surface area contributed by atoms with Gasteiger partial charge in [0.1, 0.15) is 5.56 Å². The van der Waals surface area contributed by atoms with Crippen molar-refractivity contribution in [3.05, 3.63) is 76.6 Å². The summed E-state index contributed by atoms with van der Waals surface area (Å²) >= 11 is 0. The van der Waals surface area contributed by atoms with Crippen molar-refractivity contribution in [1.29, 1.82) is 0 Å². The molecule has 3 rings (SSSR count). The number of hydrogen-bond acceptors (Lipinski definition) is 3. The molecule has 0 unspecified atom stereocenters. The van der Waals surface area contributed by atoms with E-state index in [0.29, 0.717) is 17.8 Å². The summed E-state index contributed by atoms with van der Waals surface area (Å²) in [6.45, 7) is 2.78. The molecule has 0 fully saturated rings. The highest BCUT2D eigenvalue weighted by Crippen LogP contribution is 2.31. The van der Waals surface area contributed by atoms with Crippen LogP contribution in [0.3, 0.4) is 0 Å². The summed E-state index contributed by atoms with van der Waals surface area (Å²) in [6, 6.07) is 19.1. The van der Waals surface area contributed by atoms with Crippen LogP contribution in [-0.2, 0) is 0 Å². The average Bonchev–Trinajstić information content (AvgIpc) is 2.83. The number of benzene rings is 2. The molecule has 0 aliphatic carbocycles. The molecular weight excluding hydrogens is 398 g/mol. The SMILES string of the molecule is CCCCCCCCCCNC(=O)c1c(-c2ccccc2)c(-c2ccccc2)n[nH]c1=O. The number of rotatable bonds is 12. The molecule has 32 heavy (non-hydrogen) atoms. The zero-order valence-corrected chi connectivity index (χ0v) is 18.9. The Bertz CT molecular complexity index is 1030. The van der Waals surface area contributed by atoms with Gasteiger partial charge < -0.3 is 5.32 Å². The summed E-state index contributed by atoms with van der Waals surface area (Å²) in [7, 11) is 0. The van der Waals surface area contributed by atoms with E-state index in [1.807, 2.05) is 60.7 Å². The van der Waals surface area contributed by atoms with E-state index in [1.54, 1.807) is 0 Å². The number of amides is 1. The third kappa shape index (κ3) is 6.39. The van der Waals surface area contributed by atoms with Crippen LogP contribution in [0.2, 0.25) is 0 Å². The van der Waals surface area contributed by atoms with Crippen molar-refractivity contribution in [2.75, 3.05) is 6.54 Å². The van der Waals surface area contributed by atoms with Crippen molar-refractivity contribution in [2.45, 2.75) is 58.3 Å². The Morgan fingerprint density at radius 3 is 2.00 bits per heavy atom. The smallest absolute Gasteiger partial charge is 0.277 e. The molecule has 0 atom stereocenters. The van der Waals surface area contributed by atoms with Crippen LogP contribution in [0.25, 0.3) is 22.4 Å². The number of carbonyl (C=O) groups excluding carboxylic acids is 1. The van der Waals surface area contributed by atoms with Crippen molar-refractivity contribution >= 4 is 5.91 Å². The Balaban J connectivity index is 1.74. The highest BCUT2D eigenvalue weighted by Gasteiger charge is 2.22. The maximum atomic E-state index is 13.1. The summed E-state index contributed by atoms with van der Waals surface area (Å²) in [6.07, 6.45) is 9.59. The van der Waals surface area contributed by atoms with Gasteiger partial charge in [-0.05, 0) is 12.0 Å². The number of unbranched alkanes of at least 4 members (excludes halogenated alkanes) is 7. The number of nitrogens with one attached hydrogen (secondary N) is 2. The normalized spacial score (nSPS) is 10.8. The molecule has 2 N–H and O–H groups in total. The van der Waals surface area contributed by atoms with Crippen molar-refractivity contribution in [3.63, 3.8) is 0 Å². The Morgan fingerprint density at radius 2 is 1.38 bits per heavy atom. The minimum atomic E-state index is -0.475. The molecule has 5 nitrogen and oxygen atoms in total. The fraction of sp³-hybridized carbons (Fsp3) is 0.370. The summed E-state index contributed by atoms with van der Waals surface area (Å²) in [4.78, 5) is 25.8. The maximum absolute atomic E-state index is 13.1. The van der Waals surface area contributed by atoms with Gasteiger partial charge in [0.25, 0.3) is 11.5 Å². The lowest BCUT2D eigenvalue weighted by molar-refractivity contribution is 0.0952. The van der Waals surface area contributed by atoms with E-state index in [1.165, 1.54) is 38.5 Å². The molecule has 1 aromatic heterocycles. The van der Waals surface area contributed by atoms with Gasteiger partial charge in [0.05, 0.1) is 5.69 Å². The van der Waals surface area contributed by atoms with Crippen LogP contribution < -0.4 is 10.9 Å². The zero-order chi connectivity index (χ0) is 22.6. The van der Waals surface area contributed by atoms with E-state index in [-0.39, 0.29) is 11.5 Å². The molecule has 0 spiro atoms. The van der Waals surface area contributed by atoms with E-state index in [9.17, 15) is 9.59 Å². The van der Waals surface area contributed by atoms with Gasteiger partial charge in [-0.2, -0.15) is 5.10 Å². The number of aromatic nitrogens is 2. The van der Waals surface area contributed by atoms with Crippen LogP contribution in [0.5, 0.6) is 0 Å². The molecule has 5 heteroatoms. The molecule has 168 valence electrons. The Hall–Kier alpha value is -3.21. The number of carbonyl (C=O) groups is 1. The van der Waals surface area contributed by atoms with E-state index in [2.05, 4.69) is 22.4 Å². The molecular formula is C27H33N3O2. The zero-order valence-electron chi connectivity index (χ0n) is 18.9. The molecule has 2 aromatic carbocycles. The van der Waals surface area contributed by atoms with Gasteiger partial charge in [-0.25, -0.2) is 5.10 Å². The van der Waals surface area contributed by atoms with E-state index < -0.39 is 5.56 Å². The lowest BCUT2D eigenvalue weighted by Crippen LogP contribution is -2.32. The van der Waals surface area contributed by atoms with Crippen molar-refractivity contribution in [1.82, 2.24) is 15.5 Å². The van der Waals surface area contributed by atoms with E-state index >= 15 is 0 Å². The van der Waals surface area contributed by atoms with Crippen LogP contribution in [0.4, 0.5) is 0 Å². The Kier molecular flexibility index (Phi) is 9.23. The highest BCUT2D eigenvalue weighted by atomic mass is 16.2. The van der Waals surface area contributed by atoms with Gasteiger partial charge in [0.2, 0.25) is 0 Å². The quantitative estimate of drug-likeness (QED) is 0.347. The topological polar surface area (TPSA) is 74.8 Å². The van der Waals surface area contributed by atoms with Crippen LogP contribution in [0.15, 0.2) is 65.5 Å². The molecule has 1 heterocycles.